The number of hydrogen-bond donors (Lipinski definition) is 2. The zero-order valence-electron chi connectivity index (χ0n) is 10.7. The molecule has 1 amide bonds. The standard InChI is InChI=1S/C15H12FNO3/c1-9-8-12(16)6-7-13(9)17-14(18)10-2-4-11(5-3-10)15(19)20/h2-8H,1H3,(H,17,18)(H,19,20). The van der Waals surface area contributed by atoms with Gasteiger partial charge in [-0.15, -0.1) is 0 Å². The summed E-state index contributed by atoms with van der Waals surface area (Å²) in [5, 5.41) is 11.4. The van der Waals surface area contributed by atoms with E-state index >= 15 is 0 Å². The minimum atomic E-state index is -1.05. The molecule has 2 rings (SSSR count). The lowest BCUT2D eigenvalue weighted by molar-refractivity contribution is 0.0696. The molecule has 0 aromatic heterocycles. The first-order chi connectivity index (χ1) is 9.47. The van der Waals surface area contributed by atoms with Gasteiger partial charge >= 0.3 is 5.97 Å². The first kappa shape index (κ1) is 13.7. The van der Waals surface area contributed by atoms with Crippen molar-refractivity contribution in [2.75, 3.05) is 5.32 Å². The first-order valence-corrected chi connectivity index (χ1v) is 5.88. The lowest BCUT2D eigenvalue weighted by atomic mass is 10.1. The van der Waals surface area contributed by atoms with Crippen LogP contribution in [-0.2, 0) is 0 Å². The van der Waals surface area contributed by atoms with Crippen LogP contribution in [0.5, 0.6) is 0 Å². The molecule has 4 nitrogen and oxygen atoms in total. The van der Waals surface area contributed by atoms with Crippen molar-refractivity contribution >= 4 is 17.6 Å². The zero-order valence-corrected chi connectivity index (χ0v) is 10.7. The summed E-state index contributed by atoms with van der Waals surface area (Å²) in [7, 11) is 0. The number of anilines is 1. The Morgan fingerprint density at radius 1 is 1.05 bits per heavy atom. The molecule has 0 aliphatic rings. The molecule has 0 saturated heterocycles. The van der Waals surface area contributed by atoms with E-state index in [4.69, 9.17) is 5.11 Å². The van der Waals surface area contributed by atoms with Gasteiger partial charge in [-0.05, 0) is 55.0 Å². The van der Waals surface area contributed by atoms with Crippen molar-refractivity contribution in [3.05, 3.63) is 65.0 Å². The quantitative estimate of drug-likeness (QED) is 0.903. The summed E-state index contributed by atoms with van der Waals surface area (Å²) in [6, 6.07) is 9.63. The lowest BCUT2D eigenvalue weighted by Gasteiger charge is -2.08. The zero-order chi connectivity index (χ0) is 14.7. The Hall–Kier alpha value is -2.69. The molecule has 0 atom stereocenters. The van der Waals surface area contributed by atoms with Crippen molar-refractivity contribution in [2.24, 2.45) is 0 Å². The van der Waals surface area contributed by atoms with Gasteiger partial charge in [0.1, 0.15) is 5.82 Å². The van der Waals surface area contributed by atoms with Crippen LogP contribution in [0.2, 0.25) is 0 Å². The minimum Gasteiger partial charge on any atom is -0.478 e. The van der Waals surface area contributed by atoms with Crippen LogP contribution in [0.25, 0.3) is 0 Å². The third kappa shape index (κ3) is 3.00. The van der Waals surface area contributed by atoms with Crippen molar-refractivity contribution in [1.29, 1.82) is 0 Å². The third-order valence-corrected chi connectivity index (χ3v) is 2.83. The van der Waals surface area contributed by atoms with Crippen LogP contribution in [0.15, 0.2) is 42.5 Å². The number of carboxylic acids is 1. The molecule has 0 unspecified atom stereocenters. The summed E-state index contributed by atoms with van der Waals surface area (Å²) >= 11 is 0. The van der Waals surface area contributed by atoms with Crippen molar-refractivity contribution < 1.29 is 19.1 Å². The molecule has 5 heteroatoms. The molecule has 2 N–H and O–H groups in total. The summed E-state index contributed by atoms with van der Waals surface area (Å²) in [5.41, 5.74) is 1.57. The number of aryl methyl sites for hydroxylation is 1. The van der Waals surface area contributed by atoms with Gasteiger partial charge in [-0.2, -0.15) is 0 Å². The Bertz CT molecular complexity index is 665. The van der Waals surface area contributed by atoms with Crippen molar-refractivity contribution in [3.63, 3.8) is 0 Å². The van der Waals surface area contributed by atoms with Gasteiger partial charge in [0.15, 0.2) is 0 Å². The Balaban J connectivity index is 2.17. The molecule has 0 spiro atoms. The topological polar surface area (TPSA) is 66.4 Å². The van der Waals surface area contributed by atoms with Gasteiger partial charge in [0.05, 0.1) is 5.56 Å². The van der Waals surface area contributed by atoms with E-state index in [1.54, 1.807) is 6.92 Å². The number of hydrogen-bond acceptors (Lipinski definition) is 2. The monoisotopic (exact) mass is 273 g/mol. The predicted octanol–water partition coefficient (Wildman–Crippen LogP) is 3.08. The van der Waals surface area contributed by atoms with Gasteiger partial charge in [0.25, 0.3) is 5.91 Å². The van der Waals surface area contributed by atoms with Crippen molar-refractivity contribution in [3.8, 4) is 0 Å². The van der Waals surface area contributed by atoms with Crippen LogP contribution >= 0.6 is 0 Å². The fraction of sp³-hybridized carbons (Fsp3) is 0.0667. The molecule has 0 aliphatic carbocycles. The average molecular weight is 273 g/mol. The number of carboxylic acid groups (broad SMARTS) is 1. The normalized spacial score (nSPS) is 10.1. The van der Waals surface area contributed by atoms with E-state index in [0.717, 1.165) is 0 Å². The van der Waals surface area contributed by atoms with Gasteiger partial charge in [-0.25, -0.2) is 9.18 Å². The van der Waals surface area contributed by atoms with Crippen molar-refractivity contribution in [1.82, 2.24) is 0 Å². The number of carbonyl (C=O) groups excluding carboxylic acids is 1. The van der Waals surface area contributed by atoms with Crippen LogP contribution in [-0.4, -0.2) is 17.0 Å². The number of amides is 1. The van der Waals surface area contributed by atoms with Gasteiger partial charge in [0.2, 0.25) is 0 Å². The minimum absolute atomic E-state index is 0.111. The first-order valence-electron chi connectivity index (χ1n) is 5.88. The Kier molecular flexibility index (Phi) is 3.79. The molecule has 102 valence electrons. The van der Waals surface area contributed by atoms with E-state index in [0.29, 0.717) is 16.8 Å². The van der Waals surface area contributed by atoms with E-state index in [9.17, 15) is 14.0 Å². The van der Waals surface area contributed by atoms with Crippen LogP contribution < -0.4 is 5.32 Å². The van der Waals surface area contributed by atoms with Gasteiger partial charge < -0.3 is 10.4 Å². The molecule has 2 aromatic carbocycles. The van der Waals surface area contributed by atoms with Crippen LogP contribution in [0.1, 0.15) is 26.3 Å². The van der Waals surface area contributed by atoms with E-state index in [1.165, 1.54) is 42.5 Å². The summed E-state index contributed by atoms with van der Waals surface area (Å²) in [6.45, 7) is 1.69. The number of nitrogens with one attached hydrogen (secondary N) is 1. The highest BCUT2D eigenvalue weighted by Crippen LogP contribution is 2.17. The maximum Gasteiger partial charge on any atom is 0.335 e. The summed E-state index contributed by atoms with van der Waals surface area (Å²) < 4.78 is 13.0. The third-order valence-electron chi connectivity index (χ3n) is 2.83. The molecule has 0 heterocycles. The fourth-order valence-corrected chi connectivity index (χ4v) is 1.73. The van der Waals surface area contributed by atoms with Crippen LogP contribution in [0.4, 0.5) is 10.1 Å². The second-order valence-corrected chi connectivity index (χ2v) is 4.30. The highest BCUT2D eigenvalue weighted by Gasteiger charge is 2.09. The number of aromatic carboxylic acids is 1. The van der Waals surface area contributed by atoms with E-state index in [1.807, 2.05) is 0 Å². The number of benzene rings is 2. The van der Waals surface area contributed by atoms with E-state index < -0.39 is 5.97 Å². The SMILES string of the molecule is Cc1cc(F)ccc1NC(=O)c1ccc(C(=O)O)cc1. The Morgan fingerprint density at radius 3 is 2.20 bits per heavy atom. The second kappa shape index (κ2) is 5.52. The molecule has 2 aromatic rings. The Morgan fingerprint density at radius 2 is 1.65 bits per heavy atom. The molecule has 0 aliphatic heterocycles. The largest absolute Gasteiger partial charge is 0.478 e. The molecule has 0 bridgehead atoms. The smallest absolute Gasteiger partial charge is 0.335 e. The van der Waals surface area contributed by atoms with E-state index in [2.05, 4.69) is 5.32 Å². The van der Waals surface area contributed by atoms with E-state index in [-0.39, 0.29) is 17.3 Å². The second-order valence-electron chi connectivity index (χ2n) is 4.30. The number of halogens is 1. The highest BCUT2D eigenvalue weighted by molar-refractivity contribution is 6.05. The van der Waals surface area contributed by atoms with Gasteiger partial charge in [-0.1, -0.05) is 0 Å². The highest BCUT2D eigenvalue weighted by atomic mass is 19.1. The lowest BCUT2D eigenvalue weighted by Crippen LogP contribution is -2.13. The molecular weight excluding hydrogens is 261 g/mol. The van der Waals surface area contributed by atoms with Crippen LogP contribution in [0, 0.1) is 12.7 Å². The van der Waals surface area contributed by atoms with Gasteiger partial charge in [0, 0.05) is 11.3 Å². The maximum absolute atomic E-state index is 13.0. The molecule has 0 radical (unpaired) electrons. The fourth-order valence-electron chi connectivity index (χ4n) is 1.73. The van der Waals surface area contributed by atoms with Gasteiger partial charge in [-0.3, -0.25) is 4.79 Å². The number of carbonyl (C=O) groups is 2. The molecule has 20 heavy (non-hydrogen) atoms. The molecule has 0 fully saturated rings. The maximum atomic E-state index is 13.0. The molecule has 0 saturated carbocycles. The summed E-state index contributed by atoms with van der Waals surface area (Å²) in [6.07, 6.45) is 0. The summed E-state index contributed by atoms with van der Waals surface area (Å²) in [5.74, 6) is -1.80. The van der Waals surface area contributed by atoms with Crippen molar-refractivity contribution in [2.45, 2.75) is 6.92 Å². The Labute approximate surface area is 114 Å². The molecular formula is C15H12FNO3. The average Bonchev–Trinajstić information content (AvgIpc) is 2.42. The number of rotatable bonds is 3. The predicted molar refractivity (Wildman–Crippen MR) is 72.5 cm³/mol. The summed E-state index contributed by atoms with van der Waals surface area (Å²) in [4.78, 5) is 22.7. The van der Waals surface area contributed by atoms with Crippen LogP contribution in [0.3, 0.4) is 0 Å².